The fourth-order valence-electron chi connectivity index (χ4n) is 2.46. The van der Waals surface area contributed by atoms with E-state index in [4.69, 9.17) is 0 Å². The molecule has 22 heavy (non-hydrogen) atoms. The lowest BCUT2D eigenvalue weighted by Crippen LogP contribution is -2.37. The molecule has 0 amide bonds. The summed E-state index contributed by atoms with van der Waals surface area (Å²) in [5.74, 6) is 2.44. The summed E-state index contributed by atoms with van der Waals surface area (Å²) in [5, 5.41) is 6.66. The number of thioether (sulfide) groups is 1. The van der Waals surface area contributed by atoms with Crippen LogP contribution in [0.1, 0.15) is 36.8 Å². The van der Waals surface area contributed by atoms with Gasteiger partial charge in [-0.1, -0.05) is 18.9 Å². The van der Waals surface area contributed by atoms with Crippen LogP contribution in [0.5, 0.6) is 0 Å². The SMILES string of the molecule is CN=C(NCCCC1CC1)NCc1ccc(F)cc1CSC. The maximum atomic E-state index is 13.3. The Bertz CT molecular complexity index is 501. The molecule has 0 bridgehead atoms. The van der Waals surface area contributed by atoms with Crippen LogP contribution in [0.2, 0.25) is 0 Å². The van der Waals surface area contributed by atoms with Crippen molar-refractivity contribution >= 4 is 17.7 Å². The minimum Gasteiger partial charge on any atom is -0.356 e. The zero-order valence-electron chi connectivity index (χ0n) is 13.5. The van der Waals surface area contributed by atoms with Crippen LogP contribution in [-0.2, 0) is 12.3 Å². The lowest BCUT2D eigenvalue weighted by molar-refractivity contribution is 0.624. The van der Waals surface area contributed by atoms with Crippen LogP contribution >= 0.6 is 11.8 Å². The fourth-order valence-corrected chi connectivity index (χ4v) is 3.04. The summed E-state index contributed by atoms with van der Waals surface area (Å²) < 4.78 is 13.3. The van der Waals surface area contributed by atoms with Crippen molar-refractivity contribution in [1.82, 2.24) is 10.6 Å². The number of aliphatic imine (C=N–C) groups is 1. The molecule has 3 nitrogen and oxygen atoms in total. The number of rotatable bonds is 8. The van der Waals surface area contributed by atoms with Crippen LogP contribution in [0.4, 0.5) is 4.39 Å². The third-order valence-electron chi connectivity index (χ3n) is 3.92. The van der Waals surface area contributed by atoms with Gasteiger partial charge in [0.1, 0.15) is 5.82 Å². The Hall–Kier alpha value is -1.23. The van der Waals surface area contributed by atoms with Gasteiger partial charge in [-0.25, -0.2) is 4.39 Å². The molecule has 1 saturated carbocycles. The maximum absolute atomic E-state index is 13.3. The summed E-state index contributed by atoms with van der Waals surface area (Å²) in [5.41, 5.74) is 2.17. The van der Waals surface area contributed by atoms with Gasteiger partial charge >= 0.3 is 0 Å². The van der Waals surface area contributed by atoms with Crippen LogP contribution in [-0.4, -0.2) is 25.8 Å². The Balaban J connectivity index is 1.78. The summed E-state index contributed by atoms with van der Waals surface area (Å²) in [6.07, 6.45) is 7.37. The number of halogens is 1. The van der Waals surface area contributed by atoms with E-state index in [0.29, 0.717) is 6.54 Å². The fraction of sp³-hybridized carbons (Fsp3) is 0.588. The molecule has 5 heteroatoms. The van der Waals surface area contributed by atoms with E-state index >= 15 is 0 Å². The van der Waals surface area contributed by atoms with E-state index in [1.54, 1.807) is 24.9 Å². The van der Waals surface area contributed by atoms with Crippen molar-refractivity contribution in [3.8, 4) is 0 Å². The van der Waals surface area contributed by atoms with Gasteiger partial charge < -0.3 is 10.6 Å². The Kier molecular flexibility index (Phi) is 7.03. The van der Waals surface area contributed by atoms with Gasteiger partial charge in [-0.15, -0.1) is 0 Å². The molecular weight excluding hydrogens is 297 g/mol. The zero-order chi connectivity index (χ0) is 15.8. The molecule has 0 spiro atoms. The van der Waals surface area contributed by atoms with E-state index < -0.39 is 0 Å². The Labute approximate surface area is 137 Å². The van der Waals surface area contributed by atoms with Gasteiger partial charge in [0.15, 0.2) is 5.96 Å². The molecule has 1 aromatic rings. The van der Waals surface area contributed by atoms with Gasteiger partial charge in [-0.05, 0) is 48.3 Å². The molecule has 0 aromatic heterocycles. The molecule has 1 aliphatic rings. The molecule has 0 unspecified atom stereocenters. The van der Waals surface area contributed by atoms with Crippen molar-refractivity contribution in [3.05, 3.63) is 35.1 Å². The molecule has 2 rings (SSSR count). The van der Waals surface area contributed by atoms with Crippen LogP contribution in [0.25, 0.3) is 0 Å². The molecule has 1 fully saturated rings. The number of hydrogen-bond acceptors (Lipinski definition) is 2. The van der Waals surface area contributed by atoms with E-state index in [1.807, 2.05) is 12.3 Å². The molecule has 0 saturated heterocycles. The standard InChI is InChI=1S/C17H26FN3S/c1-19-17(20-9-3-4-13-5-6-13)21-11-14-7-8-16(18)10-15(14)12-22-2/h7-8,10,13H,3-6,9,11-12H2,1-2H3,(H2,19,20,21). The monoisotopic (exact) mass is 323 g/mol. The predicted octanol–water partition coefficient (Wildman–Crippen LogP) is 3.54. The average Bonchev–Trinajstić information content (AvgIpc) is 3.33. The smallest absolute Gasteiger partial charge is 0.191 e. The number of nitrogens with one attached hydrogen (secondary N) is 2. The van der Waals surface area contributed by atoms with Crippen molar-refractivity contribution in [3.63, 3.8) is 0 Å². The third-order valence-corrected chi connectivity index (χ3v) is 4.52. The molecule has 0 aliphatic heterocycles. The zero-order valence-corrected chi connectivity index (χ0v) is 14.3. The lowest BCUT2D eigenvalue weighted by atomic mass is 10.1. The Morgan fingerprint density at radius 3 is 2.82 bits per heavy atom. The summed E-state index contributed by atoms with van der Waals surface area (Å²) in [7, 11) is 1.78. The van der Waals surface area contributed by atoms with Crippen LogP contribution in [0.15, 0.2) is 23.2 Å². The second kappa shape index (κ2) is 9.03. The highest BCUT2D eigenvalue weighted by Gasteiger charge is 2.19. The first-order chi connectivity index (χ1) is 10.7. The summed E-state index contributed by atoms with van der Waals surface area (Å²) >= 11 is 1.70. The Morgan fingerprint density at radius 2 is 2.14 bits per heavy atom. The first kappa shape index (κ1) is 17.1. The van der Waals surface area contributed by atoms with E-state index in [-0.39, 0.29) is 5.82 Å². The first-order valence-corrected chi connectivity index (χ1v) is 9.33. The van der Waals surface area contributed by atoms with Crippen LogP contribution in [0.3, 0.4) is 0 Å². The van der Waals surface area contributed by atoms with Gasteiger partial charge in [-0.3, -0.25) is 4.99 Å². The van der Waals surface area contributed by atoms with E-state index in [1.165, 1.54) is 31.7 Å². The summed E-state index contributed by atoms with van der Waals surface area (Å²) in [6.45, 7) is 1.62. The topological polar surface area (TPSA) is 36.4 Å². The van der Waals surface area contributed by atoms with Gasteiger partial charge in [0.2, 0.25) is 0 Å². The summed E-state index contributed by atoms with van der Waals surface area (Å²) in [4.78, 5) is 4.24. The van der Waals surface area contributed by atoms with Crippen molar-refractivity contribution in [2.75, 3.05) is 19.8 Å². The van der Waals surface area contributed by atoms with Crippen molar-refractivity contribution < 1.29 is 4.39 Å². The molecule has 0 radical (unpaired) electrons. The van der Waals surface area contributed by atoms with Crippen molar-refractivity contribution in [1.29, 1.82) is 0 Å². The lowest BCUT2D eigenvalue weighted by Gasteiger charge is -2.14. The molecule has 1 aliphatic carbocycles. The first-order valence-electron chi connectivity index (χ1n) is 7.93. The number of hydrogen-bond donors (Lipinski definition) is 2. The number of guanidine groups is 1. The average molecular weight is 323 g/mol. The second-order valence-corrected chi connectivity index (χ2v) is 6.65. The van der Waals surface area contributed by atoms with E-state index in [0.717, 1.165) is 35.3 Å². The highest BCUT2D eigenvalue weighted by atomic mass is 32.2. The molecule has 0 atom stereocenters. The minimum absolute atomic E-state index is 0.171. The van der Waals surface area contributed by atoms with Crippen LogP contribution in [0, 0.1) is 11.7 Å². The van der Waals surface area contributed by atoms with E-state index in [2.05, 4.69) is 15.6 Å². The quantitative estimate of drug-likeness (QED) is 0.436. The highest BCUT2D eigenvalue weighted by molar-refractivity contribution is 7.97. The van der Waals surface area contributed by atoms with Gasteiger partial charge in [0, 0.05) is 25.9 Å². The summed E-state index contributed by atoms with van der Waals surface area (Å²) in [6, 6.07) is 5.00. The predicted molar refractivity (Wildman–Crippen MR) is 93.8 cm³/mol. The molecule has 122 valence electrons. The highest BCUT2D eigenvalue weighted by Crippen LogP contribution is 2.33. The Morgan fingerprint density at radius 1 is 1.32 bits per heavy atom. The normalized spacial score (nSPS) is 15.0. The second-order valence-electron chi connectivity index (χ2n) is 5.78. The largest absolute Gasteiger partial charge is 0.356 e. The maximum Gasteiger partial charge on any atom is 0.191 e. The number of benzene rings is 1. The van der Waals surface area contributed by atoms with Gasteiger partial charge in [-0.2, -0.15) is 11.8 Å². The van der Waals surface area contributed by atoms with Crippen molar-refractivity contribution in [2.24, 2.45) is 10.9 Å². The molecule has 0 heterocycles. The molecule has 2 N–H and O–H groups in total. The van der Waals surface area contributed by atoms with E-state index in [9.17, 15) is 4.39 Å². The van der Waals surface area contributed by atoms with Gasteiger partial charge in [0.05, 0.1) is 0 Å². The number of nitrogens with zero attached hydrogens (tertiary/aromatic N) is 1. The molecule has 1 aromatic carbocycles. The molecular formula is C17H26FN3S. The van der Waals surface area contributed by atoms with Crippen LogP contribution < -0.4 is 10.6 Å². The van der Waals surface area contributed by atoms with Gasteiger partial charge in [0.25, 0.3) is 0 Å². The van der Waals surface area contributed by atoms with Crippen molar-refractivity contribution in [2.45, 2.75) is 38.0 Å². The third kappa shape index (κ3) is 5.87. The minimum atomic E-state index is -0.171.